The molecule has 4 aromatic rings. The molecular formula is C28H26N4O4S. The van der Waals surface area contributed by atoms with E-state index in [1.54, 1.807) is 50.9 Å². The summed E-state index contributed by atoms with van der Waals surface area (Å²) in [6, 6.07) is 17.9. The number of hydrogen-bond acceptors (Lipinski definition) is 6. The number of carbonyl (C=O) groups excluding carboxylic acids is 3. The Labute approximate surface area is 218 Å². The zero-order valence-corrected chi connectivity index (χ0v) is 21.3. The van der Waals surface area contributed by atoms with E-state index in [1.807, 2.05) is 42.5 Å². The monoisotopic (exact) mass is 514 g/mol. The number of thioether (sulfide) groups is 1. The van der Waals surface area contributed by atoms with Crippen LogP contribution in [0.3, 0.4) is 0 Å². The smallest absolute Gasteiger partial charge is 0.328 e. The van der Waals surface area contributed by atoms with E-state index >= 15 is 0 Å². The maximum Gasteiger partial charge on any atom is 0.328 e. The van der Waals surface area contributed by atoms with Gasteiger partial charge in [-0.05, 0) is 23.8 Å². The van der Waals surface area contributed by atoms with Gasteiger partial charge in [0.25, 0.3) is 0 Å². The number of nitrogens with zero attached hydrogens (tertiary/aromatic N) is 4. The van der Waals surface area contributed by atoms with Gasteiger partial charge in [-0.15, -0.1) is 11.8 Å². The molecule has 2 atom stereocenters. The van der Waals surface area contributed by atoms with Crippen LogP contribution in [0.4, 0.5) is 4.79 Å². The summed E-state index contributed by atoms with van der Waals surface area (Å²) in [7, 11) is 3.32. The van der Waals surface area contributed by atoms with Gasteiger partial charge in [-0.1, -0.05) is 36.4 Å². The molecule has 0 spiro atoms. The van der Waals surface area contributed by atoms with E-state index in [-0.39, 0.29) is 17.2 Å². The molecule has 188 valence electrons. The molecule has 0 N–H and O–H groups in total. The molecule has 0 bridgehead atoms. The SMILES string of the molecule is CN(C)C(=O)n1cc(C(=O)C2CSC(c3cccnc3)N2C=O)c2ccc(OCc3ccccc3)cc21. The lowest BCUT2D eigenvalue weighted by Gasteiger charge is -2.24. The van der Waals surface area contributed by atoms with Gasteiger partial charge in [-0.3, -0.25) is 19.1 Å². The number of carbonyl (C=O) groups is 3. The number of pyridine rings is 1. The van der Waals surface area contributed by atoms with E-state index in [9.17, 15) is 14.4 Å². The molecule has 1 saturated heterocycles. The Balaban J connectivity index is 1.48. The van der Waals surface area contributed by atoms with E-state index in [2.05, 4.69) is 4.98 Å². The van der Waals surface area contributed by atoms with E-state index in [0.29, 0.717) is 34.6 Å². The fraction of sp³-hybridized carbons (Fsp3) is 0.214. The van der Waals surface area contributed by atoms with Crippen molar-refractivity contribution in [2.24, 2.45) is 0 Å². The van der Waals surface area contributed by atoms with E-state index in [0.717, 1.165) is 17.5 Å². The molecule has 9 heteroatoms. The number of fused-ring (bicyclic) bond motifs is 1. The average Bonchev–Trinajstić information content (AvgIpc) is 3.54. The highest BCUT2D eigenvalue weighted by Crippen LogP contribution is 2.41. The highest BCUT2D eigenvalue weighted by Gasteiger charge is 2.40. The Morgan fingerprint density at radius 1 is 1.14 bits per heavy atom. The summed E-state index contributed by atoms with van der Waals surface area (Å²) in [5, 5.41) is 0.336. The summed E-state index contributed by atoms with van der Waals surface area (Å²) in [6.45, 7) is 0.379. The molecule has 2 aromatic carbocycles. The number of ether oxygens (including phenoxy) is 1. The van der Waals surface area contributed by atoms with E-state index < -0.39 is 6.04 Å². The minimum absolute atomic E-state index is 0.209. The number of rotatable bonds is 7. The second-order valence-electron chi connectivity index (χ2n) is 8.95. The lowest BCUT2D eigenvalue weighted by molar-refractivity contribution is -0.119. The zero-order chi connectivity index (χ0) is 25.9. The summed E-state index contributed by atoms with van der Waals surface area (Å²) in [5.41, 5.74) is 2.85. The first-order valence-electron chi connectivity index (χ1n) is 11.8. The average molecular weight is 515 g/mol. The van der Waals surface area contributed by atoms with E-state index in [4.69, 9.17) is 4.74 Å². The summed E-state index contributed by atoms with van der Waals surface area (Å²) in [5.74, 6) is 0.826. The molecular weight excluding hydrogens is 488 g/mol. The second kappa shape index (κ2) is 10.5. The van der Waals surface area contributed by atoms with Crippen LogP contribution in [0, 0.1) is 0 Å². The van der Waals surface area contributed by atoms with Gasteiger partial charge < -0.3 is 14.5 Å². The van der Waals surface area contributed by atoms with Crippen molar-refractivity contribution in [3.8, 4) is 5.75 Å². The van der Waals surface area contributed by atoms with Gasteiger partial charge in [-0.25, -0.2) is 4.79 Å². The van der Waals surface area contributed by atoms with Crippen LogP contribution >= 0.6 is 11.8 Å². The summed E-state index contributed by atoms with van der Waals surface area (Å²) in [6.07, 6.45) is 5.67. The number of hydrogen-bond donors (Lipinski definition) is 0. The minimum atomic E-state index is -0.657. The van der Waals surface area contributed by atoms with Crippen LogP contribution in [-0.4, -0.2) is 63.5 Å². The van der Waals surface area contributed by atoms with Gasteiger partial charge in [-0.2, -0.15) is 0 Å². The Morgan fingerprint density at radius 3 is 2.65 bits per heavy atom. The summed E-state index contributed by atoms with van der Waals surface area (Å²) < 4.78 is 7.44. The molecule has 2 aromatic heterocycles. The van der Waals surface area contributed by atoms with Crippen molar-refractivity contribution in [1.82, 2.24) is 19.4 Å². The van der Waals surface area contributed by atoms with Crippen molar-refractivity contribution < 1.29 is 19.1 Å². The van der Waals surface area contributed by atoms with Crippen molar-refractivity contribution in [3.63, 3.8) is 0 Å². The van der Waals surface area contributed by atoms with Crippen molar-refractivity contribution in [2.45, 2.75) is 18.0 Å². The fourth-order valence-corrected chi connectivity index (χ4v) is 5.82. The van der Waals surface area contributed by atoms with Crippen LogP contribution in [-0.2, 0) is 11.4 Å². The third kappa shape index (κ3) is 4.82. The third-order valence-corrected chi connectivity index (χ3v) is 7.66. The van der Waals surface area contributed by atoms with E-state index in [1.165, 1.54) is 26.1 Å². The Bertz CT molecular complexity index is 1440. The topological polar surface area (TPSA) is 84.7 Å². The van der Waals surface area contributed by atoms with Crippen LogP contribution in [0.2, 0.25) is 0 Å². The number of aromatic nitrogens is 2. The molecule has 2 unspecified atom stereocenters. The summed E-state index contributed by atoms with van der Waals surface area (Å²) in [4.78, 5) is 46.1. The molecule has 1 aliphatic heterocycles. The largest absolute Gasteiger partial charge is 0.489 e. The normalized spacial score (nSPS) is 17.1. The molecule has 3 heterocycles. The standard InChI is InChI=1S/C28H26N4O4S/c1-30(2)28(35)31-15-23(22-11-10-21(13-24(22)31)36-16-19-7-4-3-5-8-19)26(34)25-17-37-27(32(25)18-33)20-9-6-12-29-14-20/h3-15,18,25,27H,16-17H2,1-2H3. The predicted octanol–water partition coefficient (Wildman–Crippen LogP) is 4.60. The molecule has 0 saturated carbocycles. The second-order valence-corrected chi connectivity index (χ2v) is 10.1. The Morgan fingerprint density at radius 2 is 1.95 bits per heavy atom. The molecule has 1 aliphatic rings. The Kier molecular flexibility index (Phi) is 6.96. The molecule has 1 fully saturated rings. The van der Waals surface area contributed by atoms with Gasteiger partial charge in [0.2, 0.25) is 6.41 Å². The van der Waals surface area contributed by atoms with Gasteiger partial charge in [0, 0.05) is 61.0 Å². The van der Waals surface area contributed by atoms with Crippen LogP contribution in [0.1, 0.15) is 26.9 Å². The minimum Gasteiger partial charge on any atom is -0.489 e. The first-order chi connectivity index (χ1) is 18.0. The van der Waals surface area contributed by atoms with Gasteiger partial charge in [0.1, 0.15) is 23.8 Å². The van der Waals surface area contributed by atoms with Crippen LogP contribution in [0.25, 0.3) is 10.9 Å². The van der Waals surface area contributed by atoms with Crippen LogP contribution in [0.5, 0.6) is 5.75 Å². The highest BCUT2D eigenvalue weighted by molar-refractivity contribution is 7.99. The fourth-order valence-electron chi connectivity index (χ4n) is 4.44. The maximum atomic E-state index is 13.8. The van der Waals surface area contributed by atoms with Crippen LogP contribution < -0.4 is 4.74 Å². The molecule has 5 rings (SSSR count). The lowest BCUT2D eigenvalue weighted by atomic mass is 10.0. The van der Waals surface area contributed by atoms with Crippen molar-refractivity contribution in [1.29, 1.82) is 0 Å². The third-order valence-electron chi connectivity index (χ3n) is 6.32. The maximum absolute atomic E-state index is 13.8. The molecule has 0 aliphatic carbocycles. The van der Waals surface area contributed by atoms with Gasteiger partial charge in [0.05, 0.1) is 5.52 Å². The van der Waals surface area contributed by atoms with Crippen molar-refractivity contribution in [2.75, 3.05) is 19.8 Å². The van der Waals surface area contributed by atoms with Crippen LogP contribution in [0.15, 0.2) is 79.3 Å². The first kappa shape index (κ1) is 24.6. The first-order valence-corrected chi connectivity index (χ1v) is 12.8. The summed E-state index contributed by atoms with van der Waals surface area (Å²) >= 11 is 1.52. The molecule has 8 nitrogen and oxygen atoms in total. The number of Topliss-reactive ketones (excluding diaryl/α,β-unsaturated/α-hetero) is 1. The Hall–Kier alpha value is -4.11. The van der Waals surface area contributed by atoms with Crippen molar-refractivity contribution in [3.05, 3.63) is 95.9 Å². The number of ketones is 1. The molecule has 0 radical (unpaired) electrons. The molecule has 37 heavy (non-hydrogen) atoms. The van der Waals surface area contributed by atoms with Gasteiger partial charge >= 0.3 is 6.03 Å². The molecule has 2 amide bonds. The highest BCUT2D eigenvalue weighted by atomic mass is 32.2. The quantitative estimate of drug-likeness (QED) is 0.265. The van der Waals surface area contributed by atoms with Crippen molar-refractivity contribution >= 4 is 40.9 Å². The predicted molar refractivity (Wildman–Crippen MR) is 143 cm³/mol. The number of benzene rings is 2. The van der Waals surface area contributed by atoms with Gasteiger partial charge in [0.15, 0.2) is 5.78 Å². The zero-order valence-electron chi connectivity index (χ0n) is 20.5. The number of amides is 2. The lowest BCUT2D eigenvalue weighted by Crippen LogP contribution is -2.38.